The van der Waals surface area contributed by atoms with E-state index in [1.165, 1.54) is 0 Å². The molecule has 0 bridgehead atoms. The van der Waals surface area contributed by atoms with E-state index in [1.807, 2.05) is 23.1 Å². The lowest BCUT2D eigenvalue weighted by molar-refractivity contribution is 0.339. The van der Waals surface area contributed by atoms with E-state index in [-0.39, 0.29) is 5.56 Å². The maximum Gasteiger partial charge on any atom is 0.256 e. The summed E-state index contributed by atoms with van der Waals surface area (Å²) in [7, 11) is 0. The predicted octanol–water partition coefficient (Wildman–Crippen LogP) is 3.47. The van der Waals surface area contributed by atoms with Crippen molar-refractivity contribution in [3.63, 3.8) is 0 Å². The van der Waals surface area contributed by atoms with Crippen LogP contribution in [0.15, 0.2) is 40.0 Å². The van der Waals surface area contributed by atoms with Crippen LogP contribution in [0.3, 0.4) is 0 Å². The summed E-state index contributed by atoms with van der Waals surface area (Å²) in [5, 5.41) is 5.80. The topological polar surface area (TPSA) is 80.9 Å². The largest absolute Gasteiger partial charge is 0.352 e. The van der Waals surface area contributed by atoms with Crippen LogP contribution in [0, 0.1) is 6.92 Å². The fourth-order valence-electron chi connectivity index (χ4n) is 5.45. The molecule has 1 atom stereocenters. The van der Waals surface area contributed by atoms with Crippen LogP contribution in [0.2, 0.25) is 0 Å². The second-order valence-corrected chi connectivity index (χ2v) is 10.4. The second kappa shape index (κ2) is 9.54. The Bertz CT molecular complexity index is 1390. The summed E-state index contributed by atoms with van der Waals surface area (Å²) in [5.74, 6) is 1.87. The first-order valence-electron chi connectivity index (χ1n) is 12.6. The molecule has 1 fully saturated rings. The Hall–Kier alpha value is -3.04. The van der Waals surface area contributed by atoms with Gasteiger partial charge in [-0.2, -0.15) is 0 Å². The fourth-order valence-corrected chi connectivity index (χ4v) is 6.00. The average Bonchev–Trinajstić information content (AvgIpc) is 3.61. The summed E-state index contributed by atoms with van der Waals surface area (Å²) >= 11 is 1.62. The van der Waals surface area contributed by atoms with Crippen molar-refractivity contribution < 1.29 is 0 Å². The summed E-state index contributed by atoms with van der Waals surface area (Å²) in [5.41, 5.74) is 7.02. The molecule has 0 amide bonds. The zero-order valence-electron chi connectivity index (χ0n) is 20.1. The van der Waals surface area contributed by atoms with Crippen molar-refractivity contribution in [2.24, 2.45) is 0 Å². The molecular formula is C26H31N7OS. The third-order valence-corrected chi connectivity index (χ3v) is 7.96. The highest BCUT2D eigenvalue weighted by molar-refractivity contribution is 7.07. The highest BCUT2D eigenvalue weighted by Gasteiger charge is 2.25. The third-order valence-electron chi connectivity index (χ3n) is 7.32. The molecule has 1 N–H and O–H groups in total. The summed E-state index contributed by atoms with van der Waals surface area (Å²) in [6.45, 7) is 6.35. The number of anilines is 1. The number of rotatable bonds is 7. The van der Waals surface area contributed by atoms with Gasteiger partial charge in [0.2, 0.25) is 5.95 Å². The van der Waals surface area contributed by atoms with Crippen molar-refractivity contribution in [1.29, 1.82) is 0 Å². The van der Waals surface area contributed by atoms with Crippen LogP contribution in [0.4, 0.5) is 5.95 Å². The molecular weight excluding hydrogens is 458 g/mol. The Morgan fingerprint density at radius 2 is 2.09 bits per heavy atom. The van der Waals surface area contributed by atoms with Gasteiger partial charge < -0.3 is 14.8 Å². The Labute approximate surface area is 208 Å². The van der Waals surface area contributed by atoms with E-state index in [4.69, 9.17) is 9.97 Å². The van der Waals surface area contributed by atoms with Gasteiger partial charge in [0.25, 0.3) is 5.56 Å². The SMILES string of the molecule is Cc1nc2n(c(=O)c1CCN1CCC(Nc3nc4ccccc4n3Cc3cscn3)C1)CCCC2. The van der Waals surface area contributed by atoms with Gasteiger partial charge in [0.05, 0.1) is 28.8 Å². The molecule has 182 valence electrons. The number of para-hydroxylation sites is 2. The molecule has 6 rings (SSSR count). The maximum absolute atomic E-state index is 13.1. The molecule has 1 unspecified atom stereocenters. The first kappa shape index (κ1) is 22.4. The molecule has 0 spiro atoms. The molecule has 0 aliphatic carbocycles. The van der Waals surface area contributed by atoms with Crippen molar-refractivity contribution in [2.45, 2.75) is 58.2 Å². The van der Waals surface area contributed by atoms with Gasteiger partial charge in [0.15, 0.2) is 0 Å². The van der Waals surface area contributed by atoms with Crippen LogP contribution in [0.1, 0.15) is 42.0 Å². The van der Waals surface area contributed by atoms with Crippen molar-refractivity contribution in [3.05, 3.63) is 68.3 Å². The van der Waals surface area contributed by atoms with Gasteiger partial charge in [0, 0.05) is 55.3 Å². The number of imidazole rings is 1. The van der Waals surface area contributed by atoms with Crippen LogP contribution < -0.4 is 10.9 Å². The maximum atomic E-state index is 13.1. The van der Waals surface area contributed by atoms with E-state index >= 15 is 0 Å². The van der Waals surface area contributed by atoms with E-state index in [0.717, 1.165) is 98.0 Å². The fraction of sp³-hybridized carbons (Fsp3) is 0.462. The number of likely N-dealkylation sites (tertiary alicyclic amines) is 1. The number of nitrogens with zero attached hydrogens (tertiary/aromatic N) is 6. The molecule has 2 aliphatic rings. The molecule has 4 aromatic rings. The van der Waals surface area contributed by atoms with Crippen LogP contribution in [0.25, 0.3) is 11.0 Å². The van der Waals surface area contributed by atoms with Crippen molar-refractivity contribution in [3.8, 4) is 0 Å². The molecule has 2 aliphatic heterocycles. The zero-order valence-corrected chi connectivity index (χ0v) is 20.9. The quantitative estimate of drug-likeness (QED) is 0.428. The standard InChI is InChI=1S/C26H31N7OS/c1-18-21(25(34)32-11-5-4-8-24(32)28-18)10-13-31-12-9-19(14-31)29-26-30-22-6-2-3-7-23(22)33(26)15-20-16-35-17-27-20/h2-3,6-7,16-17,19H,4-5,8-15H2,1H3,(H,29,30). The Morgan fingerprint density at radius 1 is 1.17 bits per heavy atom. The highest BCUT2D eigenvalue weighted by Crippen LogP contribution is 2.24. The summed E-state index contributed by atoms with van der Waals surface area (Å²) in [6.07, 6.45) is 4.94. The lowest BCUT2D eigenvalue weighted by Crippen LogP contribution is -2.34. The third kappa shape index (κ3) is 4.50. The number of benzene rings is 1. The minimum atomic E-state index is 0.178. The number of thiazole rings is 1. The molecule has 0 radical (unpaired) electrons. The zero-order chi connectivity index (χ0) is 23.8. The molecule has 0 saturated carbocycles. The highest BCUT2D eigenvalue weighted by atomic mass is 32.1. The Balaban J connectivity index is 1.14. The Kier molecular flexibility index (Phi) is 6.12. The number of fused-ring (bicyclic) bond motifs is 2. The van der Waals surface area contributed by atoms with Crippen molar-refractivity contribution in [1.82, 2.24) is 29.0 Å². The number of hydrogen-bond acceptors (Lipinski definition) is 7. The van der Waals surface area contributed by atoms with Gasteiger partial charge in [-0.05, 0) is 44.7 Å². The molecule has 1 saturated heterocycles. The first-order chi connectivity index (χ1) is 17.2. The van der Waals surface area contributed by atoms with Crippen LogP contribution >= 0.6 is 11.3 Å². The summed E-state index contributed by atoms with van der Waals surface area (Å²) in [6, 6.07) is 8.60. The van der Waals surface area contributed by atoms with Gasteiger partial charge in [-0.1, -0.05) is 12.1 Å². The average molecular weight is 490 g/mol. The Morgan fingerprint density at radius 3 is 2.97 bits per heavy atom. The lowest BCUT2D eigenvalue weighted by Gasteiger charge is -2.21. The van der Waals surface area contributed by atoms with E-state index in [0.29, 0.717) is 12.6 Å². The predicted molar refractivity (Wildman–Crippen MR) is 139 cm³/mol. The molecule has 8 nitrogen and oxygen atoms in total. The minimum absolute atomic E-state index is 0.178. The number of aromatic nitrogens is 5. The minimum Gasteiger partial charge on any atom is -0.352 e. The second-order valence-electron chi connectivity index (χ2n) is 9.68. The smallest absolute Gasteiger partial charge is 0.256 e. The van der Waals surface area contributed by atoms with Gasteiger partial charge in [-0.15, -0.1) is 11.3 Å². The first-order valence-corrected chi connectivity index (χ1v) is 13.5. The van der Waals surface area contributed by atoms with Crippen molar-refractivity contribution in [2.75, 3.05) is 25.0 Å². The van der Waals surface area contributed by atoms with Crippen LogP contribution in [0.5, 0.6) is 0 Å². The van der Waals surface area contributed by atoms with Crippen LogP contribution in [-0.2, 0) is 25.9 Å². The van der Waals surface area contributed by atoms with Gasteiger partial charge in [0.1, 0.15) is 5.82 Å². The number of aryl methyl sites for hydroxylation is 2. The van der Waals surface area contributed by atoms with Gasteiger partial charge >= 0.3 is 0 Å². The van der Waals surface area contributed by atoms with Gasteiger partial charge in [-0.25, -0.2) is 15.0 Å². The molecule has 9 heteroatoms. The molecule has 35 heavy (non-hydrogen) atoms. The lowest BCUT2D eigenvalue weighted by atomic mass is 10.1. The molecule has 3 aromatic heterocycles. The molecule has 5 heterocycles. The molecule has 1 aromatic carbocycles. The van der Waals surface area contributed by atoms with E-state index in [9.17, 15) is 4.79 Å². The van der Waals surface area contributed by atoms with E-state index < -0.39 is 0 Å². The van der Waals surface area contributed by atoms with Crippen molar-refractivity contribution >= 4 is 28.3 Å². The summed E-state index contributed by atoms with van der Waals surface area (Å²) < 4.78 is 4.14. The normalized spacial score (nSPS) is 18.3. The van der Waals surface area contributed by atoms with E-state index in [1.54, 1.807) is 11.3 Å². The van der Waals surface area contributed by atoms with Gasteiger partial charge in [-0.3, -0.25) is 9.36 Å². The van der Waals surface area contributed by atoms with Crippen LogP contribution in [-0.4, -0.2) is 54.7 Å². The van der Waals surface area contributed by atoms with E-state index in [2.05, 4.69) is 43.3 Å². The number of nitrogens with one attached hydrogen (secondary N) is 1. The summed E-state index contributed by atoms with van der Waals surface area (Å²) in [4.78, 5) is 29.7. The number of hydrogen-bond donors (Lipinski definition) is 1. The monoisotopic (exact) mass is 489 g/mol.